The number of fused-ring (bicyclic) bond motifs is 1. The Morgan fingerprint density at radius 3 is 2.71 bits per heavy atom. The van der Waals surface area contributed by atoms with Gasteiger partial charge >= 0.3 is 0 Å². The van der Waals surface area contributed by atoms with E-state index in [1.165, 1.54) is 0 Å². The molecule has 3 rings (SSSR count). The molecule has 2 aromatic carbocycles. The molecule has 24 heavy (non-hydrogen) atoms. The van der Waals surface area contributed by atoms with Crippen LogP contribution >= 0.6 is 12.4 Å². The third-order valence-corrected chi connectivity index (χ3v) is 4.18. The van der Waals surface area contributed by atoms with Crippen LogP contribution < -0.4 is 15.4 Å². The van der Waals surface area contributed by atoms with Gasteiger partial charge in [-0.05, 0) is 30.5 Å². The van der Waals surface area contributed by atoms with Crippen molar-refractivity contribution in [2.75, 3.05) is 18.1 Å². The van der Waals surface area contributed by atoms with Crippen molar-refractivity contribution in [3.05, 3.63) is 59.7 Å². The number of benzene rings is 2. The van der Waals surface area contributed by atoms with Crippen LogP contribution in [0.4, 0.5) is 5.69 Å². The summed E-state index contributed by atoms with van der Waals surface area (Å²) < 4.78 is 5.82. The molecule has 0 fully saturated rings. The number of rotatable bonds is 3. The second-order valence-corrected chi connectivity index (χ2v) is 5.89. The Bertz CT molecular complexity index is 691. The standard InChI is InChI=1S/C19H22N2O2.ClH/c1-14-7-5-10-17-19(14)23-12-6-11-21(17)18(22)13-16(20)15-8-3-2-4-9-15;/h2-5,7-10,16H,6,11-13,20H2,1H3;1H/t16-;/m0./s1. The van der Waals surface area contributed by atoms with Gasteiger partial charge in [0.25, 0.3) is 0 Å². The lowest BCUT2D eigenvalue weighted by Crippen LogP contribution is -2.33. The average molecular weight is 347 g/mol. The van der Waals surface area contributed by atoms with Gasteiger partial charge < -0.3 is 15.4 Å². The van der Waals surface area contributed by atoms with Gasteiger partial charge in [0.2, 0.25) is 5.91 Å². The molecule has 0 bridgehead atoms. The maximum atomic E-state index is 12.8. The molecule has 2 aromatic rings. The van der Waals surface area contributed by atoms with E-state index in [1.54, 1.807) is 0 Å². The lowest BCUT2D eigenvalue weighted by Gasteiger charge is -2.24. The predicted molar refractivity (Wildman–Crippen MR) is 98.9 cm³/mol. The first-order valence-electron chi connectivity index (χ1n) is 8.00. The lowest BCUT2D eigenvalue weighted by molar-refractivity contribution is -0.119. The van der Waals surface area contributed by atoms with Crippen LogP contribution in [0, 0.1) is 6.92 Å². The van der Waals surface area contributed by atoms with Gasteiger partial charge in [-0.2, -0.15) is 0 Å². The van der Waals surface area contributed by atoms with Crippen molar-refractivity contribution in [3.63, 3.8) is 0 Å². The zero-order chi connectivity index (χ0) is 16.2. The van der Waals surface area contributed by atoms with E-state index in [1.807, 2.05) is 60.4 Å². The molecule has 0 saturated carbocycles. The minimum atomic E-state index is -0.291. The largest absolute Gasteiger partial charge is 0.491 e. The Labute approximate surface area is 149 Å². The van der Waals surface area contributed by atoms with Crippen LogP contribution in [0.1, 0.15) is 30.0 Å². The number of amides is 1. The predicted octanol–water partition coefficient (Wildman–Crippen LogP) is 3.62. The molecular formula is C19H23ClN2O2. The van der Waals surface area contributed by atoms with E-state index in [4.69, 9.17) is 10.5 Å². The summed E-state index contributed by atoms with van der Waals surface area (Å²) >= 11 is 0. The third-order valence-electron chi connectivity index (χ3n) is 4.18. The van der Waals surface area contributed by atoms with Crippen LogP contribution in [0.15, 0.2) is 48.5 Å². The van der Waals surface area contributed by atoms with E-state index in [0.717, 1.165) is 29.0 Å². The highest BCUT2D eigenvalue weighted by Gasteiger charge is 2.24. The number of ether oxygens (including phenoxy) is 1. The third kappa shape index (κ3) is 3.89. The Balaban J connectivity index is 0.00000208. The summed E-state index contributed by atoms with van der Waals surface area (Å²) in [7, 11) is 0. The fourth-order valence-corrected chi connectivity index (χ4v) is 2.93. The fourth-order valence-electron chi connectivity index (χ4n) is 2.93. The first-order chi connectivity index (χ1) is 11.2. The number of anilines is 1. The molecule has 0 aromatic heterocycles. The summed E-state index contributed by atoms with van der Waals surface area (Å²) in [6, 6.07) is 15.4. The fraction of sp³-hybridized carbons (Fsp3) is 0.316. The van der Waals surface area contributed by atoms with Crippen molar-refractivity contribution in [1.29, 1.82) is 0 Å². The molecule has 2 N–H and O–H groups in total. The van der Waals surface area contributed by atoms with Crippen LogP contribution in [0.2, 0.25) is 0 Å². The summed E-state index contributed by atoms with van der Waals surface area (Å²) in [5.41, 5.74) is 9.10. The number of carbonyl (C=O) groups excluding carboxylic acids is 1. The van der Waals surface area contributed by atoms with Crippen molar-refractivity contribution in [3.8, 4) is 5.75 Å². The molecule has 128 valence electrons. The maximum absolute atomic E-state index is 12.8. The summed E-state index contributed by atoms with van der Waals surface area (Å²) in [6.07, 6.45) is 1.11. The van der Waals surface area contributed by atoms with Gasteiger partial charge in [0.05, 0.1) is 12.3 Å². The van der Waals surface area contributed by atoms with Crippen molar-refractivity contribution in [1.82, 2.24) is 0 Å². The van der Waals surface area contributed by atoms with E-state index < -0.39 is 0 Å². The topological polar surface area (TPSA) is 55.6 Å². The Morgan fingerprint density at radius 1 is 1.21 bits per heavy atom. The number of hydrogen-bond donors (Lipinski definition) is 1. The van der Waals surface area contributed by atoms with Crippen LogP contribution in [-0.4, -0.2) is 19.1 Å². The van der Waals surface area contributed by atoms with Gasteiger partial charge in [-0.1, -0.05) is 42.5 Å². The highest BCUT2D eigenvalue weighted by molar-refractivity contribution is 5.95. The summed E-state index contributed by atoms with van der Waals surface area (Å²) in [5.74, 6) is 0.852. The molecule has 0 saturated heterocycles. The first-order valence-corrected chi connectivity index (χ1v) is 8.00. The molecule has 1 amide bonds. The van der Waals surface area contributed by atoms with E-state index in [2.05, 4.69) is 0 Å². The Kier molecular flexibility index (Phi) is 6.23. The molecule has 0 spiro atoms. The minimum absolute atomic E-state index is 0. The average Bonchev–Trinajstić information content (AvgIpc) is 2.79. The van der Waals surface area contributed by atoms with E-state index in [9.17, 15) is 4.79 Å². The quantitative estimate of drug-likeness (QED) is 0.923. The summed E-state index contributed by atoms with van der Waals surface area (Å²) in [5, 5.41) is 0. The van der Waals surface area contributed by atoms with Gasteiger partial charge in [-0.3, -0.25) is 4.79 Å². The second kappa shape index (κ2) is 8.18. The Hall–Kier alpha value is -2.04. The normalized spacial score (nSPS) is 14.7. The van der Waals surface area contributed by atoms with Crippen LogP contribution in [0.25, 0.3) is 0 Å². The number of hydrogen-bond acceptors (Lipinski definition) is 3. The van der Waals surface area contributed by atoms with Crippen LogP contribution in [-0.2, 0) is 4.79 Å². The van der Waals surface area contributed by atoms with Crippen molar-refractivity contribution in [2.24, 2.45) is 5.73 Å². The van der Waals surface area contributed by atoms with Crippen LogP contribution in [0.5, 0.6) is 5.75 Å². The smallest absolute Gasteiger partial charge is 0.229 e. The monoisotopic (exact) mass is 346 g/mol. The molecule has 1 heterocycles. The van der Waals surface area contributed by atoms with Gasteiger partial charge in [0.1, 0.15) is 5.75 Å². The maximum Gasteiger partial charge on any atom is 0.229 e. The number of para-hydroxylation sites is 1. The molecule has 0 radical (unpaired) electrons. The highest BCUT2D eigenvalue weighted by Crippen LogP contribution is 2.34. The van der Waals surface area contributed by atoms with Gasteiger partial charge in [0, 0.05) is 19.0 Å². The number of carbonyl (C=O) groups is 1. The lowest BCUT2D eigenvalue weighted by atomic mass is 10.0. The Morgan fingerprint density at radius 2 is 1.96 bits per heavy atom. The zero-order valence-electron chi connectivity index (χ0n) is 13.8. The number of aryl methyl sites for hydroxylation is 1. The SMILES string of the molecule is Cc1cccc2c1OCCCN2C(=O)C[C@H](N)c1ccccc1.Cl. The van der Waals surface area contributed by atoms with Crippen molar-refractivity contribution >= 4 is 24.0 Å². The highest BCUT2D eigenvalue weighted by atomic mass is 35.5. The number of nitrogens with two attached hydrogens (primary N) is 1. The molecular weight excluding hydrogens is 324 g/mol. The van der Waals surface area contributed by atoms with Crippen molar-refractivity contribution < 1.29 is 9.53 Å². The van der Waals surface area contributed by atoms with E-state index in [0.29, 0.717) is 13.2 Å². The zero-order valence-corrected chi connectivity index (χ0v) is 14.6. The summed E-state index contributed by atoms with van der Waals surface area (Å²) in [6.45, 7) is 3.30. The molecule has 4 nitrogen and oxygen atoms in total. The first kappa shape index (κ1) is 18.3. The van der Waals surface area contributed by atoms with Crippen LogP contribution in [0.3, 0.4) is 0 Å². The number of halogens is 1. The molecule has 0 unspecified atom stereocenters. The molecule has 0 aliphatic carbocycles. The van der Waals surface area contributed by atoms with E-state index in [-0.39, 0.29) is 30.8 Å². The summed E-state index contributed by atoms with van der Waals surface area (Å²) in [4.78, 5) is 14.6. The van der Waals surface area contributed by atoms with Gasteiger partial charge in [-0.25, -0.2) is 0 Å². The van der Waals surface area contributed by atoms with Gasteiger partial charge in [-0.15, -0.1) is 12.4 Å². The molecule has 1 atom stereocenters. The van der Waals surface area contributed by atoms with Crippen molar-refractivity contribution in [2.45, 2.75) is 25.8 Å². The minimum Gasteiger partial charge on any atom is -0.491 e. The molecule has 5 heteroatoms. The second-order valence-electron chi connectivity index (χ2n) is 5.89. The molecule has 1 aliphatic heterocycles. The van der Waals surface area contributed by atoms with Gasteiger partial charge in [0.15, 0.2) is 0 Å². The molecule has 1 aliphatic rings. The number of nitrogens with zero attached hydrogens (tertiary/aromatic N) is 1. The van der Waals surface area contributed by atoms with E-state index >= 15 is 0 Å².